The zero-order valence-electron chi connectivity index (χ0n) is 15.2. The number of halogens is 2. The fraction of sp³-hybridized carbons (Fsp3) is 0.190. The van der Waals surface area contributed by atoms with Crippen molar-refractivity contribution in [1.82, 2.24) is 19.9 Å². The lowest BCUT2D eigenvalue weighted by atomic mass is 10.1. The molecular weight excluding hydrogens is 362 g/mol. The maximum Gasteiger partial charge on any atom is 0.280 e. The number of nitrogens with one attached hydrogen (secondary N) is 1. The third-order valence-corrected chi connectivity index (χ3v) is 4.09. The second-order valence-electron chi connectivity index (χ2n) is 6.30. The monoisotopic (exact) mass is 382 g/mol. The molecule has 0 fully saturated rings. The molecule has 0 aliphatic heterocycles. The molecule has 7 heteroatoms. The number of H-pyrrole nitrogens is 1. The van der Waals surface area contributed by atoms with E-state index in [1.54, 1.807) is 12.3 Å². The van der Waals surface area contributed by atoms with E-state index in [0.29, 0.717) is 25.2 Å². The number of rotatable bonds is 8. The first-order chi connectivity index (χ1) is 13.5. The van der Waals surface area contributed by atoms with Crippen LogP contribution in [0.3, 0.4) is 0 Å². The second kappa shape index (κ2) is 9.14. The topological polar surface area (TPSA) is 61.9 Å². The average Bonchev–Trinajstić information content (AvgIpc) is 2.68. The van der Waals surface area contributed by atoms with E-state index in [1.165, 1.54) is 0 Å². The molecule has 0 bridgehead atoms. The van der Waals surface area contributed by atoms with Crippen LogP contribution in [0.5, 0.6) is 0 Å². The van der Waals surface area contributed by atoms with Gasteiger partial charge in [0.25, 0.3) is 12.0 Å². The third kappa shape index (κ3) is 5.17. The number of alkyl halides is 2. The van der Waals surface area contributed by atoms with Crippen LogP contribution in [0.2, 0.25) is 0 Å². The van der Waals surface area contributed by atoms with Gasteiger partial charge in [0.1, 0.15) is 11.5 Å². The number of hydrogen-bond donors (Lipinski definition) is 1. The molecule has 2 heterocycles. The van der Waals surface area contributed by atoms with Crippen LogP contribution < -0.4 is 5.56 Å². The number of pyridine rings is 1. The van der Waals surface area contributed by atoms with Crippen LogP contribution in [0, 0.1) is 0 Å². The van der Waals surface area contributed by atoms with Crippen LogP contribution in [0.4, 0.5) is 8.78 Å². The van der Waals surface area contributed by atoms with Gasteiger partial charge in [-0.3, -0.25) is 14.7 Å². The van der Waals surface area contributed by atoms with Gasteiger partial charge in [0.15, 0.2) is 0 Å². The summed E-state index contributed by atoms with van der Waals surface area (Å²) in [6.45, 7) is 5.72. The van der Waals surface area contributed by atoms with Crippen LogP contribution in [0.25, 0.3) is 11.4 Å². The zero-order valence-corrected chi connectivity index (χ0v) is 15.2. The van der Waals surface area contributed by atoms with Gasteiger partial charge in [0.2, 0.25) is 0 Å². The number of benzene rings is 1. The number of aromatic nitrogens is 3. The standard InChI is InChI=1S/C21H20F2N4O/c1-2-10-27(14-17-8-3-4-9-24-17)13-15-6-5-7-16(11-15)21-25-18(20(22)23)12-19(28)26-21/h2-9,11-12,20H,1,10,13-14H2,(H,25,26,28). The van der Waals surface area contributed by atoms with Crippen molar-refractivity contribution < 1.29 is 8.78 Å². The van der Waals surface area contributed by atoms with Gasteiger partial charge < -0.3 is 4.98 Å². The Morgan fingerprint density at radius 2 is 2.00 bits per heavy atom. The van der Waals surface area contributed by atoms with Crippen LogP contribution in [-0.2, 0) is 13.1 Å². The van der Waals surface area contributed by atoms with Gasteiger partial charge in [-0.05, 0) is 23.8 Å². The molecule has 1 N–H and O–H groups in total. The molecule has 0 aliphatic carbocycles. The van der Waals surface area contributed by atoms with E-state index in [4.69, 9.17) is 0 Å². The molecule has 3 aromatic rings. The summed E-state index contributed by atoms with van der Waals surface area (Å²) in [4.78, 5) is 24.6. The molecule has 0 atom stereocenters. The minimum Gasteiger partial charge on any atom is -0.307 e. The molecule has 0 saturated carbocycles. The quantitative estimate of drug-likeness (QED) is 0.599. The fourth-order valence-electron chi connectivity index (χ4n) is 2.89. The average molecular weight is 382 g/mol. The van der Waals surface area contributed by atoms with Crippen molar-refractivity contribution in [1.29, 1.82) is 0 Å². The van der Waals surface area contributed by atoms with E-state index in [-0.39, 0.29) is 5.82 Å². The van der Waals surface area contributed by atoms with E-state index in [0.717, 1.165) is 17.3 Å². The molecule has 2 aromatic heterocycles. The SMILES string of the molecule is C=CCN(Cc1cccc(-c2nc(C(F)F)cc(=O)[nH]2)c1)Cc1ccccn1. The Hall–Kier alpha value is -3.19. The fourth-order valence-corrected chi connectivity index (χ4v) is 2.89. The van der Waals surface area contributed by atoms with E-state index in [1.807, 2.05) is 42.5 Å². The van der Waals surface area contributed by atoms with Crippen molar-refractivity contribution in [2.45, 2.75) is 19.5 Å². The van der Waals surface area contributed by atoms with Crippen LogP contribution in [-0.4, -0.2) is 26.4 Å². The molecule has 0 amide bonds. The summed E-state index contributed by atoms with van der Waals surface area (Å²) in [5.41, 5.74) is 1.34. The van der Waals surface area contributed by atoms with Crippen molar-refractivity contribution in [3.8, 4) is 11.4 Å². The highest BCUT2D eigenvalue weighted by Gasteiger charge is 2.13. The highest BCUT2D eigenvalue weighted by atomic mass is 19.3. The smallest absolute Gasteiger partial charge is 0.280 e. The second-order valence-corrected chi connectivity index (χ2v) is 6.30. The highest BCUT2D eigenvalue weighted by Crippen LogP contribution is 2.20. The first kappa shape index (κ1) is 19.6. The summed E-state index contributed by atoms with van der Waals surface area (Å²) in [5, 5.41) is 0. The van der Waals surface area contributed by atoms with Gasteiger partial charge in [-0.25, -0.2) is 13.8 Å². The van der Waals surface area contributed by atoms with E-state index in [2.05, 4.69) is 26.4 Å². The Balaban J connectivity index is 1.84. The maximum atomic E-state index is 12.9. The van der Waals surface area contributed by atoms with Crippen LogP contribution >= 0.6 is 0 Å². The molecule has 0 radical (unpaired) electrons. The van der Waals surface area contributed by atoms with E-state index < -0.39 is 17.7 Å². The normalized spacial score (nSPS) is 11.1. The maximum absolute atomic E-state index is 12.9. The Morgan fingerprint density at radius 1 is 1.14 bits per heavy atom. The molecule has 3 rings (SSSR count). The lowest BCUT2D eigenvalue weighted by Gasteiger charge is -2.20. The van der Waals surface area contributed by atoms with Gasteiger partial charge in [-0.15, -0.1) is 6.58 Å². The molecule has 0 aliphatic rings. The largest absolute Gasteiger partial charge is 0.307 e. The first-order valence-corrected chi connectivity index (χ1v) is 8.77. The minimum absolute atomic E-state index is 0.129. The minimum atomic E-state index is -2.80. The van der Waals surface area contributed by atoms with Gasteiger partial charge >= 0.3 is 0 Å². The van der Waals surface area contributed by atoms with Crippen LogP contribution in [0.1, 0.15) is 23.4 Å². The van der Waals surface area contributed by atoms with Gasteiger partial charge in [-0.1, -0.05) is 30.3 Å². The van der Waals surface area contributed by atoms with Crippen molar-refractivity contribution in [2.75, 3.05) is 6.54 Å². The summed E-state index contributed by atoms with van der Waals surface area (Å²) in [7, 11) is 0. The molecular formula is C21H20F2N4O. The lowest BCUT2D eigenvalue weighted by Crippen LogP contribution is -2.23. The summed E-state index contributed by atoms with van der Waals surface area (Å²) < 4.78 is 25.9. The third-order valence-electron chi connectivity index (χ3n) is 4.09. The summed E-state index contributed by atoms with van der Waals surface area (Å²) >= 11 is 0. The molecule has 0 spiro atoms. The lowest BCUT2D eigenvalue weighted by molar-refractivity contribution is 0.146. The van der Waals surface area contributed by atoms with Gasteiger partial charge in [0.05, 0.1) is 5.69 Å². The molecule has 144 valence electrons. The van der Waals surface area contributed by atoms with Crippen LogP contribution in [0.15, 0.2) is 72.2 Å². The Morgan fingerprint density at radius 3 is 2.71 bits per heavy atom. The molecule has 1 aromatic carbocycles. The Kier molecular flexibility index (Phi) is 6.39. The molecule has 0 unspecified atom stereocenters. The Bertz CT molecular complexity index is 989. The number of nitrogens with zero attached hydrogens (tertiary/aromatic N) is 3. The van der Waals surface area contributed by atoms with Crippen molar-refractivity contribution >= 4 is 0 Å². The van der Waals surface area contributed by atoms with E-state index >= 15 is 0 Å². The van der Waals surface area contributed by atoms with Crippen molar-refractivity contribution in [3.63, 3.8) is 0 Å². The van der Waals surface area contributed by atoms with Gasteiger partial charge in [0, 0.05) is 37.5 Å². The Labute approximate surface area is 161 Å². The van der Waals surface area contributed by atoms with Crippen molar-refractivity contribution in [3.05, 3.63) is 94.7 Å². The zero-order chi connectivity index (χ0) is 19.9. The first-order valence-electron chi connectivity index (χ1n) is 8.77. The molecule has 5 nitrogen and oxygen atoms in total. The van der Waals surface area contributed by atoms with Crippen molar-refractivity contribution in [2.24, 2.45) is 0 Å². The number of aromatic amines is 1. The summed E-state index contributed by atoms with van der Waals surface area (Å²) in [6, 6.07) is 13.9. The molecule has 0 saturated heterocycles. The van der Waals surface area contributed by atoms with Gasteiger partial charge in [-0.2, -0.15) is 0 Å². The predicted octanol–water partition coefficient (Wildman–Crippen LogP) is 3.96. The summed E-state index contributed by atoms with van der Waals surface area (Å²) in [6.07, 6.45) is 0.767. The predicted molar refractivity (Wildman–Crippen MR) is 104 cm³/mol. The number of hydrogen-bond acceptors (Lipinski definition) is 4. The van der Waals surface area contributed by atoms with E-state index in [9.17, 15) is 13.6 Å². The molecule has 28 heavy (non-hydrogen) atoms. The highest BCUT2D eigenvalue weighted by molar-refractivity contribution is 5.56. The summed E-state index contributed by atoms with van der Waals surface area (Å²) in [5.74, 6) is 0.129.